The van der Waals surface area contributed by atoms with E-state index >= 15 is 0 Å². The minimum absolute atomic E-state index is 0.0488. The first-order valence-electron chi connectivity index (χ1n) is 10.2. The Morgan fingerprint density at radius 3 is 2.32 bits per heavy atom. The molecule has 2 heterocycles. The Morgan fingerprint density at radius 2 is 1.71 bits per heavy atom. The van der Waals surface area contributed by atoms with E-state index in [0.29, 0.717) is 18.4 Å². The average Bonchev–Trinajstić information content (AvgIpc) is 3.36. The predicted molar refractivity (Wildman–Crippen MR) is 111 cm³/mol. The van der Waals surface area contributed by atoms with Crippen molar-refractivity contribution < 1.29 is 33.4 Å². The third kappa shape index (κ3) is 4.27. The van der Waals surface area contributed by atoms with Crippen LogP contribution in [0.25, 0.3) is 0 Å². The molecule has 2 aliphatic rings. The fourth-order valence-electron chi connectivity index (χ4n) is 3.89. The van der Waals surface area contributed by atoms with Crippen LogP contribution in [0.3, 0.4) is 0 Å². The molecule has 2 N–H and O–H groups in total. The summed E-state index contributed by atoms with van der Waals surface area (Å²) in [5, 5.41) is 5.37. The van der Waals surface area contributed by atoms with Gasteiger partial charge in [-0.1, -0.05) is 12.8 Å². The van der Waals surface area contributed by atoms with Crippen LogP contribution in [0.1, 0.15) is 65.1 Å². The van der Waals surface area contributed by atoms with Crippen molar-refractivity contribution >= 4 is 46.1 Å². The molecule has 1 aromatic heterocycles. The van der Waals surface area contributed by atoms with Gasteiger partial charge in [0.25, 0.3) is 5.91 Å². The summed E-state index contributed by atoms with van der Waals surface area (Å²) in [7, 11) is 0. The maximum Gasteiger partial charge on any atom is 0.348 e. The molecule has 0 radical (unpaired) electrons. The Hall–Kier alpha value is -2.95. The van der Waals surface area contributed by atoms with E-state index in [1.165, 1.54) is 0 Å². The number of rotatable bonds is 7. The van der Waals surface area contributed by atoms with Gasteiger partial charge in [0, 0.05) is 0 Å². The number of urea groups is 1. The molecule has 168 valence electrons. The lowest BCUT2D eigenvalue weighted by atomic mass is 9.98. The van der Waals surface area contributed by atoms with Gasteiger partial charge in [-0.3, -0.25) is 14.5 Å². The zero-order valence-electron chi connectivity index (χ0n) is 17.7. The van der Waals surface area contributed by atoms with Gasteiger partial charge >= 0.3 is 18.0 Å². The van der Waals surface area contributed by atoms with Gasteiger partial charge in [0.15, 0.2) is 0 Å². The van der Waals surface area contributed by atoms with Crippen LogP contribution in [0.5, 0.6) is 0 Å². The molecule has 2 fully saturated rings. The second kappa shape index (κ2) is 9.04. The molecule has 3 rings (SSSR count). The number of amides is 4. The van der Waals surface area contributed by atoms with Gasteiger partial charge in [0.05, 0.1) is 18.8 Å². The Balaban J connectivity index is 1.81. The maximum absolute atomic E-state index is 12.7. The molecule has 1 saturated heterocycles. The molecular weight excluding hydrogens is 426 g/mol. The topological polar surface area (TPSA) is 131 Å². The van der Waals surface area contributed by atoms with E-state index in [-0.39, 0.29) is 28.7 Å². The predicted octanol–water partition coefficient (Wildman–Crippen LogP) is 2.21. The van der Waals surface area contributed by atoms with Gasteiger partial charge in [-0.25, -0.2) is 14.4 Å². The van der Waals surface area contributed by atoms with Crippen LogP contribution < -0.4 is 10.6 Å². The maximum atomic E-state index is 12.7. The summed E-state index contributed by atoms with van der Waals surface area (Å²) >= 11 is 0.884. The molecule has 0 atom stereocenters. The van der Waals surface area contributed by atoms with Crippen LogP contribution in [0.4, 0.5) is 9.80 Å². The molecule has 31 heavy (non-hydrogen) atoms. The van der Waals surface area contributed by atoms with Crippen molar-refractivity contribution in [1.29, 1.82) is 0 Å². The normalized spacial score (nSPS) is 17.1. The van der Waals surface area contributed by atoms with Crippen molar-refractivity contribution in [1.82, 2.24) is 10.2 Å². The minimum atomic E-state index is -0.913. The molecule has 0 aromatic carbocycles. The highest BCUT2D eigenvalue weighted by Gasteiger charge is 2.52. The van der Waals surface area contributed by atoms with Gasteiger partial charge in [-0.2, -0.15) is 0 Å². The molecule has 1 aliphatic heterocycles. The molecule has 1 saturated carbocycles. The number of carbonyl (C=O) groups excluding carboxylic acids is 5. The van der Waals surface area contributed by atoms with Crippen LogP contribution in [0, 0.1) is 6.92 Å². The zero-order valence-corrected chi connectivity index (χ0v) is 18.5. The summed E-state index contributed by atoms with van der Waals surface area (Å²) in [5.74, 6) is -2.39. The van der Waals surface area contributed by atoms with Crippen molar-refractivity contribution in [2.75, 3.05) is 25.1 Å². The lowest BCUT2D eigenvalue weighted by molar-refractivity contribution is -0.133. The summed E-state index contributed by atoms with van der Waals surface area (Å²) in [6.07, 6.45) is 2.77. The summed E-state index contributed by atoms with van der Waals surface area (Å²) in [5.41, 5.74) is -0.533. The van der Waals surface area contributed by atoms with Crippen molar-refractivity contribution in [3.05, 3.63) is 16.0 Å². The van der Waals surface area contributed by atoms with Crippen LogP contribution in [0.2, 0.25) is 0 Å². The number of imide groups is 1. The first kappa shape index (κ1) is 22.7. The van der Waals surface area contributed by atoms with Crippen molar-refractivity contribution in [2.24, 2.45) is 0 Å². The first-order valence-corrected chi connectivity index (χ1v) is 11.0. The number of hydrogen-bond acceptors (Lipinski definition) is 8. The van der Waals surface area contributed by atoms with Crippen LogP contribution >= 0.6 is 11.3 Å². The molecule has 1 aliphatic carbocycles. The van der Waals surface area contributed by atoms with E-state index in [1.807, 2.05) is 0 Å². The van der Waals surface area contributed by atoms with E-state index in [1.54, 1.807) is 20.8 Å². The SMILES string of the molecule is CCOC(=O)c1sc(NC(=O)CN2C(=O)NC3(CCCC3)C2=O)c(C(=O)OCC)c1C. The molecule has 4 amide bonds. The largest absolute Gasteiger partial charge is 0.462 e. The number of esters is 2. The Morgan fingerprint density at radius 1 is 1.10 bits per heavy atom. The lowest BCUT2D eigenvalue weighted by Crippen LogP contribution is -2.44. The molecule has 0 bridgehead atoms. The lowest BCUT2D eigenvalue weighted by Gasteiger charge is -2.19. The third-order valence-corrected chi connectivity index (χ3v) is 6.53. The summed E-state index contributed by atoms with van der Waals surface area (Å²) in [6.45, 7) is 4.62. The molecule has 11 heteroatoms. The third-order valence-electron chi connectivity index (χ3n) is 5.34. The van der Waals surface area contributed by atoms with Crippen LogP contribution in [-0.4, -0.2) is 60.0 Å². The van der Waals surface area contributed by atoms with Crippen LogP contribution in [0.15, 0.2) is 0 Å². The number of thiophene rings is 1. The summed E-state index contributed by atoms with van der Waals surface area (Å²) in [6, 6.07) is -0.609. The van der Waals surface area contributed by atoms with Gasteiger partial charge in [0.1, 0.15) is 22.0 Å². The van der Waals surface area contributed by atoms with Gasteiger partial charge in [-0.05, 0) is 39.2 Å². The Bertz CT molecular complexity index is 933. The van der Waals surface area contributed by atoms with E-state index in [2.05, 4.69) is 10.6 Å². The summed E-state index contributed by atoms with van der Waals surface area (Å²) < 4.78 is 10.1. The van der Waals surface area contributed by atoms with E-state index in [0.717, 1.165) is 29.1 Å². The second-order valence-electron chi connectivity index (χ2n) is 7.36. The van der Waals surface area contributed by atoms with E-state index < -0.39 is 41.9 Å². The van der Waals surface area contributed by atoms with Gasteiger partial charge < -0.3 is 20.1 Å². The van der Waals surface area contributed by atoms with E-state index in [9.17, 15) is 24.0 Å². The van der Waals surface area contributed by atoms with Gasteiger partial charge in [-0.15, -0.1) is 11.3 Å². The Kier molecular flexibility index (Phi) is 6.63. The van der Waals surface area contributed by atoms with Gasteiger partial charge in [0.2, 0.25) is 5.91 Å². The molecule has 1 spiro atoms. The second-order valence-corrected chi connectivity index (χ2v) is 8.38. The number of ether oxygens (including phenoxy) is 2. The highest BCUT2D eigenvalue weighted by molar-refractivity contribution is 7.18. The number of nitrogens with one attached hydrogen (secondary N) is 2. The number of hydrogen-bond donors (Lipinski definition) is 2. The molecule has 1 aromatic rings. The highest BCUT2D eigenvalue weighted by Crippen LogP contribution is 2.36. The minimum Gasteiger partial charge on any atom is -0.462 e. The van der Waals surface area contributed by atoms with E-state index in [4.69, 9.17) is 9.47 Å². The van der Waals surface area contributed by atoms with Crippen molar-refractivity contribution in [3.63, 3.8) is 0 Å². The number of nitrogens with zero attached hydrogens (tertiary/aromatic N) is 1. The number of anilines is 1. The monoisotopic (exact) mass is 451 g/mol. The average molecular weight is 452 g/mol. The van der Waals surface area contributed by atoms with Crippen molar-refractivity contribution in [2.45, 2.75) is 52.0 Å². The van der Waals surface area contributed by atoms with Crippen molar-refractivity contribution in [3.8, 4) is 0 Å². The number of carbonyl (C=O) groups is 5. The molecule has 0 unspecified atom stereocenters. The fraction of sp³-hybridized carbons (Fsp3) is 0.550. The summed E-state index contributed by atoms with van der Waals surface area (Å²) in [4.78, 5) is 63.4. The first-order chi connectivity index (χ1) is 14.7. The fourth-order valence-corrected chi connectivity index (χ4v) is 4.99. The van der Waals surface area contributed by atoms with Crippen LogP contribution in [-0.2, 0) is 19.1 Å². The molecule has 10 nitrogen and oxygen atoms in total. The quantitative estimate of drug-likeness (QED) is 0.480. The zero-order chi connectivity index (χ0) is 22.8. The molecular formula is C20H25N3O7S. The highest BCUT2D eigenvalue weighted by atomic mass is 32.1. The smallest absolute Gasteiger partial charge is 0.348 e. The Labute approximate surface area is 183 Å². The standard InChI is InChI=1S/C20H25N3O7S/c1-4-29-16(25)13-11(3)14(17(26)30-5-2)31-15(13)21-12(24)10-23-18(27)20(22-19(23)28)8-6-7-9-20/h4-10H2,1-3H3,(H,21,24)(H,22,28).